The molecular formula is C25H30N6. The van der Waals surface area contributed by atoms with Gasteiger partial charge in [0.05, 0.1) is 17.6 Å². The molecule has 6 heteroatoms. The first-order chi connectivity index (χ1) is 15.0. The standard InChI is InChI=1S/C25H30N6/c1-17-7-5-10-31-24(19(3)28-25(17)31)16-30-9-6-8-20(15-30)23-12-21(11-18(2)27-23)22-13-26-29(4)14-22/h5,7,10-14,20H,6,8-9,15-16H2,1-4H3/t20-/m1/s1. The van der Waals surface area contributed by atoms with Crippen molar-refractivity contribution in [2.24, 2.45) is 7.05 Å². The zero-order chi connectivity index (χ0) is 21.5. The summed E-state index contributed by atoms with van der Waals surface area (Å²) in [7, 11) is 1.96. The Bertz CT molecular complexity index is 1230. The molecule has 160 valence electrons. The smallest absolute Gasteiger partial charge is 0.140 e. The summed E-state index contributed by atoms with van der Waals surface area (Å²) < 4.78 is 4.12. The Hall–Kier alpha value is -2.99. The van der Waals surface area contributed by atoms with Crippen LogP contribution in [0.15, 0.2) is 42.9 Å². The van der Waals surface area contributed by atoms with Crippen molar-refractivity contribution < 1.29 is 0 Å². The number of aromatic nitrogens is 5. The lowest BCUT2D eigenvalue weighted by atomic mass is 9.92. The van der Waals surface area contributed by atoms with Crippen molar-refractivity contribution in [3.8, 4) is 11.1 Å². The quantitative estimate of drug-likeness (QED) is 0.496. The minimum absolute atomic E-state index is 0.449. The Balaban J connectivity index is 1.40. The Kier molecular flexibility index (Phi) is 5.10. The second-order valence-electron chi connectivity index (χ2n) is 8.93. The van der Waals surface area contributed by atoms with Gasteiger partial charge in [-0.05, 0) is 69.5 Å². The van der Waals surface area contributed by atoms with E-state index in [0.29, 0.717) is 5.92 Å². The second kappa shape index (κ2) is 7.93. The molecule has 0 aromatic carbocycles. The Morgan fingerprint density at radius 2 is 1.97 bits per heavy atom. The highest BCUT2D eigenvalue weighted by atomic mass is 15.2. The van der Waals surface area contributed by atoms with Gasteiger partial charge in [-0.1, -0.05) is 6.07 Å². The molecular weight excluding hydrogens is 384 g/mol. The molecule has 5 heterocycles. The van der Waals surface area contributed by atoms with E-state index in [0.717, 1.165) is 42.2 Å². The summed E-state index contributed by atoms with van der Waals surface area (Å²) in [5.74, 6) is 0.449. The number of rotatable bonds is 4. The predicted octanol–water partition coefficient (Wildman–Crippen LogP) is 4.43. The van der Waals surface area contributed by atoms with Crippen LogP contribution in [-0.4, -0.2) is 42.1 Å². The largest absolute Gasteiger partial charge is 0.302 e. The Morgan fingerprint density at radius 1 is 1.10 bits per heavy atom. The van der Waals surface area contributed by atoms with Gasteiger partial charge in [-0.25, -0.2) is 4.98 Å². The van der Waals surface area contributed by atoms with Gasteiger partial charge in [0.2, 0.25) is 0 Å². The zero-order valence-corrected chi connectivity index (χ0v) is 18.8. The Morgan fingerprint density at radius 3 is 2.77 bits per heavy atom. The molecule has 0 saturated carbocycles. The van der Waals surface area contributed by atoms with Crippen molar-refractivity contribution >= 4 is 5.65 Å². The highest BCUT2D eigenvalue weighted by Gasteiger charge is 2.25. The molecule has 5 rings (SSSR count). The molecule has 4 aromatic rings. The third-order valence-corrected chi connectivity index (χ3v) is 6.45. The number of nitrogens with zero attached hydrogens (tertiary/aromatic N) is 6. The maximum atomic E-state index is 4.93. The normalized spacial score (nSPS) is 17.5. The van der Waals surface area contributed by atoms with E-state index in [1.54, 1.807) is 0 Å². The van der Waals surface area contributed by atoms with Crippen molar-refractivity contribution in [1.29, 1.82) is 0 Å². The van der Waals surface area contributed by atoms with Crippen LogP contribution in [0.25, 0.3) is 16.8 Å². The first kappa shape index (κ1) is 19.9. The molecule has 0 radical (unpaired) electrons. The molecule has 1 fully saturated rings. The van der Waals surface area contributed by atoms with Crippen molar-refractivity contribution in [3.05, 3.63) is 71.2 Å². The lowest BCUT2D eigenvalue weighted by Gasteiger charge is -2.32. The summed E-state index contributed by atoms with van der Waals surface area (Å²) in [4.78, 5) is 12.3. The maximum Gasteiger partial charge on any atom is 0.140 e. The molecule has 4 aromatic heterocycles. The minimum atomic E-state index is 0.449. The number of hydrogen-bond acceptors (Lipinski definition) is 4. The fourth-order valence-electron chi connectivity index (χ4n) is 4.85. The van der Waals surface area contributed by atoms with Crippen LogP contribution in [0.2, 0.25) is 0 Å². The van der Waals surface area contributed by atoms with Crippen LogP contribution in [-0.2, 0) is 13.6 Å². The van der Waals surface area contributed by atoms with Gasteiger partial charge in [-0.2, -0.15) is 5.10 Å². The number of pyridine rings is 2. The number of piperidine rings is 1. The van der Waals surface area contributed by atoms with Crippen molar-refractivity contribution in [1.82, 2.24) is 29.0 Å². The SMILES string of the molecule is Cc1cc(-c2cnn(C)c2)cc([C@@H]2CCCN(Cc3c(C)nc4c(C)cccn34)C2)n1. The first-order valence-electron chi connectivity index (χ1n) is 11.1. The van der Waals surface area contributed by atoms with Crippen LogP contribution in [0, 0.1) is 20.8 Å². The van der Waals surface area contributed by atoms with Gasteiger partial charge >= 0.3 is 0 Å². The Labute approximate surface area is 183 Å². The summed E-state index contributed by atoms with van der Waals surface area (Å²) in [5, 5.41) is 4.34. The number of hydrogen-bond donors (Lipinski definition) is 0. The monoisotopic (exact) mass is 414 g/mol. The fraction of sp³-hybridized carbons (Fsp3) is 0.400. The lowest BCUT2D eigenvalue weighted by Crippen LogP contribution is -2.34. The molecule has 1 aliphatic rings. The van der Waals surface area contributed by atoms with Crippen molar-refractivity contribution in [2.75, 3.05) is 13.1 Å². The molecule has 0 bridgehead atoms. The predicted molar refractivity (Wildman–Crippen MR) is 123 cm³/mol. The van der Waals surface area contributed by atoms with E-state index in [1.165, 1.54) is 35.4 Å². The number of fused-ring (bicyclic) bond motifs is 1. The molecule has 1 saturated heterocycles. The van der Waals surface area contributed by atoms with E-state index in [9.17, 15) is 0 Å². The fourth-order valence-corrected chi connectivity index (χ4v) is 4.85. The van der Waals surface area contributed by atoms with Gasteiger partial charge in [0, 0.05) is 55.4 Å². The van der Waals surface area contributed by atoms with Crippen molar-refractivity contribution in [2.45, 2.75) is 46.1 Å². The van der Waals surface area contributed by atoms with Crippen molar-refractivity contribution in [3.63, 3.8) is 0 Å². The summed E-state index contributed by atoms with van der Waals surface area (Å²) in [6, 6.07) is 8.67. The zero-order valence-electron chi connectivity index (χ0n) is 18.8. The highest BCUT2D eigenvalue weighted by molar-refractivity contribution is 5.62. The van der Waals surface area contributed by atoms with E-state index in [4.69, 9.17) is 9.97 Å². The van der Waals surface area contributed by atoms with E-state index in [2.05, 4.69) is 71.8 Å². The third kappa shape index (κ3) is 3.88. The first-order valence-corrected chi connectivity index (χ1v) is 11.1. The highest BCUT2D eigenvalue weighted by Crippen LogP contribution is 2.30. The average molecular weight is 415 g/mol. The van der Waals surface area contributed by atoms with Gasteiger partial charge in [-0.15, -0.1) is 0 Å². The van der Waals surface area contributed by atoms with Gasteiger partial charge in [-0.3, -0.25) is 14.6 Å². The van der Waals surface area contributed by atoms with Gasteiger partial charge < -0.3 is 4.40 Å². The molecule has 1 aliphatic heterocycles. The summed E-state index contributed by atoms with van der Waals surface area (Å²) >= 11 is 0. The minimum Gasteiger partial charge on any atom is -0.302 e. The summed E-state index contributed by atoms with van der Waals surface area (Å²) in [6.07, 6.45) is 8.52. The molecule has 0 amide bonds. The second-order valence-corrected chi connectivity index (χ2v) is 8.93. The van der Waals surface area contributed by atoms with E-state index >= 15 is 0 Å². The average Bonchev–Trinajstić information content (AvgIpc) is 3.32. The molecule has 0 spiro atoms. The maximum absolute atomic E-state index is 4.93. The molecule has 31 heavy (non-hydrogen) atoms. The summed E-state index contributed by atoms with van der Waals surface area (Å²) in [5.41, 5.74) is 9.36. The number of aryl methyl sites for hydroxylation is 4. The van der Waals surface area contributed by atoms with Crippen LogP contribution < -0.4 is 0 Å². The number of imidazole rings is 1. The lowest BCUT2D eigenvalue weighted by molar-refractivity contribution is 0.195. The van der Waals surface area contributed by atoms with E-state index < -0.39 is 0 Å². The van der Waals surface area contributed by atoms with Crippen LogP contribution >= 0.6 is 0 Å². The van der Waals surface area contributed by atoms with E-state index in [1.807, 2.05) is 17.9 Å². The molecule has 1 atom stereocenters. The molecule has 0 aliphatic carbocycles. The van der Waals surface area contributed by atoms with Gasteiger partial charge in [0.15, 0.2) is 0 Å². The van der Waals surface area contributed by atoms with Gasteiger partial charge in [0.1, 0.15) is 5.65 Å². The van der Waals surface area contributed by atoms with Crippen LogP contribution in [0.1, 0.15) is 47.1 Å². The molecule has 0 N–H and O–H groups in total. The van der Waals surface area contributed by atoms with Crippen LogP contribution in [0.4, 0.5) is 0 Å². The van der Waals surface area contributed by atoms with E-state index in [-0.39, 0.29) is 0 Å². The number of likely N-dealkylation sites (tertiary alicyclic amines) is 1. The van der Waals surface area contributed by atoms with Crippen LogP contribution in [0.3, 0.4) is 0 Å². The van der Waals surface area contributed by atoms with Crippen LogP contribution in [0.5, 0.6) is 0 Å². The molecule has 6 nitrogen and oxygen atoms in total. The van der Waals surface area contributed by atoms with Gasteiger partial charge in [0.25, 0.3) is 0 Å². The topological polar surface area (TPSA) is 51.2 Å². The third-order valence-electron chi connectivity index (χ3n) is 6.45. The molecule has 0 unspecified atom stereocenters. The summed E-state index contributed by atoms with van der Waals surface area (Å²) in [6.45, 7) is 9.43.